The number of amides is 2. The number of pyridine rings is 1. The van der Waals surface area contributed by atoms with Gasteiger partial charge in [-0.3, -0.25) is 9.59 Å². The summed E-state index contributed by atoms with van der Waals surface area (Å²) >= 11 is 0. The largest absolute Gasteiger partial charge is 0.477 e. The molecule has 0 bridgehead atoms. The van der Waals surface area contributed by atoms with Gasteiger partial charge in [-0.05, 0) is 31.7 Å². The highest BCUT2D eigenvalue weighted by Crippen LogP contribution is 2.44. The van der Waals surface area contributed by atoms with Crippen molar-refractivity contribution in [2.24, 2.45) is 16.7 Å². The summed E-state index contributed by atoms with van der Waals surface area (Å²) < 4.78 is 5.84. The van der Waals surface area contributed by atoms with Crippen LogP contribution in [0.4, 0.5) is 0 Å². The Kier molecular flexibility index (Phi) is 4.66. The Labute approximate surface area is 160 Å². The van der Waals surface area contributed by atoms with Crippen LogP contribution < -0.4 is 10.1 Å². The van der Waals surface area contributed by atoms with Crippen molar-refractivity contribution in [3.63, 3.8) is 0 Å². The second kappa shape index (κ2) is 6.98. The number of rotatable bonds is 4. The maximum atomic E-state index is 13.2. The molecule has 2 fully saturated rings. The molecule has 1 spiro atoms. The first-order valence-corrected chi connectivity index (χ1v) is 9.80. The normalized spacial score (nSPS) is 32.7. The van der Waals surface area contributed by atoms with E-state index in [4.69, 9.17) is 4.74 Å². The fourth-order valence-electron chi connectivity index (χ4n) is 4.68. The van der Waals surface area contributed by atoms with Crippen molar-refractivity contribution in [1.29, 1.82) is 0 Å². The predicted octanol–water partition coefficient (Wildman–Crippen LogP) is 2.17. The number of hydrogen-bond acceptors (Lipinski definition) is 4. The summed E-state index contributed by atoms with van der Waals surface area (Å²) in [7, 11) is 0. The second-order valence-corrected chi connectivity index (χ2v) is 8.29. The number of aromatic nitrogens is 1. The van der Waals surface area contributed by atoms with Gasteiger partial charge in [-0.15, -0.1) is 0 Å². The highest BCUT2D eigenvalue weighted by atomic mass is 16.5. The maximum absolute atomic E-state index is 13.2. The number of carbonyl (C=O) groups is 2. The standard InChI is InChI=1S/C21H27N3O3/c1-20(8-4-2-5-9-20)19(26)24-12-10-21(15-24)16(13-23-18(21)25)14-27-17-7-3-6-11-22-17/h2-4,6-7,11,16H,5,8-10,12-15H2,1H3,(H,23,25)/t16-,20-,21-/m1/s1. The molecule has 1 N–H and O–H groups in total. The molecule has 6 nitrogen and oxygen atoms in total. The zero-order chi connectivity index (χ0) is 18.9. The molecule has 0 unspecified atom stereocenters. The molecule has 1 aliphatic carbocycles. The van der Waals surface area contributed by atoms with E-state index >= 15 is 0 Å². The number of nitrogens with one attached hydrogen (secondary N) is 1. The van der Waals surface area contributed by atoms with Crippen LogP contribution in [0.25, 0.3) is 0 Å². The van der Waals surface area contributed by atoms with E-state index in [1.807, 2.05) is 23.1 Å². The first-order chi connectivity index (χ1) is 13.0. The van der Waals surface area contributed by atoms with Crippen LogP contribution in [0.5, 0.6) is 5.88 Å². The monoisotopic (exact) mass is 369 g/mol. The van der Waals surface area contributed by atoms with E-state index in [1.165, 1.54) is 0 Å². The summed E-state index contributed by atoms with van der Waals surface area (Å²) in [5.74, 6) is 0.859. The highest BCUT2D eigenvalue weighted by molar-refractivity contribution is 5.89. The maximum Gasteiger partial charge on any atom is 0.228 e. The Bertz CT molecular complexity index is 750. The van der Waals surface area contributed by atoms with Crippen molar-refractivity contribution >= 4 is 11.8 Å². The van der Waals surface area contributed by atoms with Crippen LogP contribution in [0.3, 0.4) is 0 Å². The number of carbonyl (C=O) groups excluding carboxylic acids is 2. The molecule has 1 aromatic rings. The summed E-state index contributed by atoms with van der Waals surface area (Å²) in [6.45, 7) is 4.21. The summed E-state index contributed by atoms with van der Waals surface area (Å²) in [6, 6.07) is 5.54. The third-order valence-electron chi connectivity index (χ3n) is 6.52. The van der Waals surface area contributed by atoms with Crippen LogP contribution in [0.15, 0.2) is 36.5 Å². The molecule has 27 heavy (non-hydrogen) atoms. The third-order valence-corrected chi connectivity index (χ3v) is 6.52. The number of nitrogens with zero attached hydrogens (tertiary/aromatic N) is 2. The van der Waals surface area contributed by atoms with Crippen molar-refractivity contribution in [3.05, 3.63) is 36.5 Å². The Balaban J connectivity index is 1.45. The van der Waals surface area contributed by atoms with E-state index in [0.29, 0.717) is 38.5 Å². The molecule has 3 heterocycles. The molecule has 1 aromatic heterocycles. The minimum Gasteiger partial charge on any atom is -0.477 e. The van der Waals surface area contributed by atoms with Gasteiger partial charge in [-0.1, -0.05) is 25.1 Å². The van der Waals surface area contributed by atoms with Gasteiger partial charge < -0.3 is 15.0 Å². The fourth-order valence-corrected chi connectivity index (χ4v) is 4.68. The van der Waals surface area contributed by atoms with E-state index in [0.717, 1.165) is 19.3 Å². The number of ether oxygens (including phenoxy) is 1. The Morgan fingerprint density at radius 3 is 3.00 bits per heavy atom. The third kappa shape index (κ3) is 3.22. The molecule has 3 aliphatic rings. The van der Waals surface area contributed by atoms with Crippen LogP contribution in [0, 0.1) is 16.7 Å². The first-order valence-electron chi connectivity index (χ1n) is 9.80. The Hall–Kier alpha value is -2.37. The van der Waals surface area contributed by atoms with Crippen molar-refractivity contribution in [2.45, 2.75) is 32.6 Å². The van der Waals surface area contributed by atoms with Crippen LogP contribution in [-0.4, -0.2) is 47.9 Å². The number of hydrogen-bond donors (Lipinski definition) is 1. The second-order valence-electron chi connectivity index (χ2n) is 8.29. The number of allylic oxidation sites excluding steroid dienone is 2. The summed E-state index contributed by atoms with van der Waals surface area (Å²) in [5.41, 5.74) is -0.874. The first kappa shape index (κ1) is 18.0. The molecule has 2 amide bonds. The van der Waals surface area contributed by atoms with Crippen LogP contribution in [-0.2, 0) is 9.59 Å². The lowest BCUT2D eigenvalue weighted by Crippen LogP contribution is -2.45. The van der Waals surface area contributed by atoms with Gasteiger partial charge in [0.2, 0.25) is 17.7 Å². The summed E-state index contributed by atoms with van der Waals surface area (Å²) in [5, 5.41) is 3.00. The van der Waals surface area contributed by atoms with E-state index < -0.39 is 5.41 Å². The predicted molar refractivity (Wildman–Crippen MR) is 101 cm³/mol. The molecule has 0 saturated carbocycles. The van der Waals surface area contributed by atoms with Gasteiger partial charge in [0.25, 0.3) is 0 Å². The Morgan fingerprint density at radius 1 is 1.37 bits per heavy atom. The Morgan fingerprint density at radius 2 is 2.26 bits per heavy atom. The SMILES string of the molecule is C[C@@]1(C(=O)N2CC[C@]3(C2)C(=O)NC[C@@H]3COc2ccccn2)CC=CCC1. The smallest absolute Gasteiger partial charge is 0.228 e. The van der Waals surface area contributed by atoms with Crippen molar-refractivity contribution in [3.8, 4) is 5.88 Å². The molecule has 3 atom stereocenters. The van der Waals surface area contributed by atoms with Gasteiger partial charge in [-0.25, -0.2) is 4.98 Å². The lowest BCUT2D eigenvalue weighted by Gasteiger charge is -2.34. The number of likely N-dealkylation sites (tertiary alicyclic amines) is 1. The quantitative estimate of drug-likeness (QED) is 0.826. The van der Waals surface area contributed by atoms with Crippen LogP contribution in [0.2, 0.25) is 0 Å². The molecule has 2 saturated heterocycles. The van der Waals surface area contributed by atoms with Gasteiger partial charge in [0.1, 0.15) is 0 Å². The zero-order valence-electron chi connectivity index (χ0n) is 15.8. The lowest BCUT2D eigenvalue weighted by molar-refractivity contribution is -0.141. The van der Waals surface area contributed by atoms with Crippen LogP contribution >= 0.6 is 0 Å². The van der Waals surface area contributed by atoms with Gasteiger partial charge in [0.15, 0.2) is 0 Å². The molecule has 0 aromatic carbocycles. The molecule has 0 radical (unpaired) electrons. The highest BCUT2D eigenvalue weighted by Gasteiger charge is 2.56. The minimum atomic E-state index is -0.536. The molecular weight excluding hydrogens is 342 g/mol. The van der Waals surface area contributed by atoms with Crippen molar-refractivity contribution in [1.82, 2.24) is 15.2 Å². The summed E-state index contributed by atoms with van der Waals surface area (Å²) in [4.78, 5) is 32.0. The lowest BCUT2D eigenvalue weighted by atomic mass is 9.76. The van der Waals surface area contributed by atoms with E-state index in [9.17, 15) is 9.59 Å². The summed E-state index contributed by atoms with van der Waals surface area (Å²) in [6.07, 6.45) is 9.26. The van der Waals surface area contributed by atoms with Crippen LogP contribution in [0.1, 0.15) is 32.6 Å². The van der Waals surface area contributed by atoms with Gasteiger partial charge in [0, 0.05) is 37.8 Å². The van der Waals surface area contributed by atoms with E-state index in [2.05, 4.69) is 29.4 Å². The molecular formula is C21H27N3O3. The van der Waals surface area contributed by atoms with Gasteiger partial charge >= 0.3 is 0 Å². The topological polar surface area (TPSA) is 71.5 Å². The van der Waals surface area contributed by atoms with E-state index in [1.54, 1.807) is 6.20 Å². The molecule has 4 rings (SSSR count). The molecule has 6 heteroatoms. The fraction of sp³-hybridized carbons (Fsp3) is 0.571. The van der Waals surface area contributed by atoms with Crippen molar-refractivity contribution in [2.75, 3.05) is 26.2 Å². The molecule has 2 aliphatic heterocycles. The van der Waals surface area contributed by atoms with Gasteiger partial charge in [0.05, 0.1) is 17.4 Å². The zero-order valence-corrected chi connectivity index (χ0v) is 15.8. The van der Waals surface area contributed by atoms with Crippen molar-refractivity contribution < 1.29 is 14.3 Å². The molecule has 144 valence electrons. The van der Waals surface area contributed by atoms with Gasteiger partial charge in [-0.2, -0.15) is 0 Å². The average Bonchev–Trinajstić information content (AvgIpc) is 3.27. The average molecular weight is 369 g/mol. The van der Waals surface area contributed by atoms with E-state index in [-0.39, 0.29) is 23.1 Å². The minimum absolute atomic E-state index is 0.0452.